The lowest BCUT2D eigenvalue weighted by Crippen LogP contribution is -2.25. The fraction of sp³-hybridized carbons (Fsp3) is 0.600. The highest BCUT2D eigenvalue weighted by molar-refractivity contribution is 7.19. The number of nitrogen functional groups attached to an aromatic ring is 1. The summed E-state index contributed by atoms with van der Waals surface area (Å²) in [5.74, 6) is 0.543. The van der Waals surface area contributed by atoms with Crippen molar-refractivity contribution in [3.63, 3.8) is 0 Å². The summed E-state index contributed by atoms with van der Waals surface area (Å²) in [7, 11) is 0. The number of nitrogens with two attached hydrogens (primary N) is 1. The molecule has 0 spiro atoms. The number of carbonyl (C=O) groups is 1. The number of nitrogens with one attached hydrogen (secondary N) is 1. The molecule has 1 aliphatic carbocycles. The Hall–Kier alpha value is -1.74. The van der Waals surface area contributed by atoms with Crippen LogP contribution in [0.2, 0.25) is 0 Å². The molecule has 0 aliphatic heterocycles. The molecule has 1 aliphatic rings. The van der Waals surface area contributed by atoms with Gasteiger partial charge in [-0.15, -0.1) is 11.3 Å². The number of anilines is 2. The maximum Gasteiger partial charge on any atom is 0.263 e. The van der Waals surface area contributed by atoms with Crippen LogP contribution in [-0.2, 0) is 0 Å². The van der Waals surface area contributed by atoms with E-state index in [1.807, 2.05) is 6.92 Å². The van der Waals surface area contributed by atoms with Crippen molar-refractivity contribution in [2.75, 3.05) is 30.3 Å². The van der Waals surface area contributed by atoms with Crippen molar-refractivity contribution in [3.05, 3.63) is 10.4 Å². The number of thiophene rings is 1. The van der Waals surface area contributed by atoms with Crippen LogP contribution < -0.4 is 16.0 Å². The molecule has 6 heteroatoms. The predicted molar refractivity (Wildman–Crippen MR) is 86.7 cm³/mol. The monoisotopic (exact) mass is 306 g/mol. The largest absolute Gasteiger partial charge is 0.396 e. The molecule has 0 radical (unpaired) electrons. The smallest absolute Gasteiger partial charge is 0.263 e. The number of hydrogen-bond acceptors (Lipinski definition) is 5. The van der Waals surface area contributed by atoms with E-state index >= 15 is 0 Å². The van der Waals surface area contributed by atoms with Gasteiger partial charge in [0.2, 0.25) is 0 Å². The van der Waals surface area contributed by atoms with Crippen LogP contribution >= 0.6 is 11.3 Å². The summed E-state index contributed by atoms with van der Waals surface area (Å²) >= 11 is 1.34. The Morgan fingerprint density at radius 3 is 2.76 bits per heavy atom. The Morgan fingerprint density at radius 2 is 2.24 bits per heavy atom. The lowest BCUT2D eigenvalue weighted by atomic mass is 10.2. The summed E-state index contributed by atoms with van der Waals surface area (Å²) in [6.07, 6.45) is 3.38. The summed E-state index contributed by atoms with van der Waals surface area (Å²) in [6, 6.07) is 2.17. The second kappa shape index (κ2) is 6.81. The third kappa shape index (κ3) is 3.48. The predicted octanol–water partition coefficient (Wildman–Crippen LogP) is 2.58. The minimum atomic E-state index is -0.176. The first kappa shape index (κ1) is 15.6. The van der Waals surface area contributed by atoms with Gasteiger partial charge in [0.15, 0.2) is 0 Å². The molecule has 3 N–H and O–H groups in total. The SMILES string of the molecule is CCCNC(=O)c1sc(N(CC)CC2CC2)c(C#N)c1N. The van der Waals surface area contributed by atoms with Gasteiger partial charge in [-0.25, -0.2) is 0 Å². The van der Waals surface area contributed by atoms with Crippen molar-refractivity contribution in [3.8, 4) is 6.07 Å². The van der Waals surface area contributed by atoms with Gasteiger partial charge in [-0.3, -0.25) is 4.79 Å². The highest BCUT2D eigenvalue weighted by atomic mass is 32.1. The van der Waals surface area contributed by atoms with E-state index < -0.39 is 0 Å². The van der Waals surface area contributed by atoms with Gasteiger partial charge in [0.05, 0.1) is 5.69 Å². The fourth-order valence-electron chi connectivity index (χ4n) is 2.22. The van der Waals surface area contributed by atoms with Crippen LogP contribution in [0.25, 0.3) is 0 Å². The molecule has 1 aromatic heterocycles. The van der Waals surface area contributed by atoms with E-state index in [1.54, 1.807) is 0 Å². The summed E-state index contributed by atoms with van der Waals surface area (Å²) in [5, 5.41) is 13.0. The normalized spacial score (nSPS) is 13.8. The van der Waals surface area contributed by atoms with Crippen molar-refractivity contribution >= 4 is 27.9 Å². The number of nitrogens with zero attached hydrogens (tertiary/aromatic N) is 2. The van der Waals surface area contributed by atoms with E-state index in [9.17, 15) is 10.1 Å². The number of amides is 1. The first-order valence-electron chi connectivity index (χ1n) is 7.47. The third-order valence-electron chi connectivity index (χ3n) is 3.62. The summed E-state index contributed by atoms with van der Waals surface area (Å²) < 4.78 is 0. The Bertz CT molecular complexity index is 557. The summed E-state index contributed by atoms with van der Waals surface area (Å²) in [4.78, 5) is 14.8. The van der Waals surface area contributed by atoms with Crippen LogP contribution in [-0.4, -0.2) is 25.5 Å². The van der Waals surface area contributed by atoms with Crippen molar-refractivity contribution in [2.24, 2.45) is 5.92 Å². The molecule has 1 heterocycles. The molecule has 0 bridgehead atoms. The molecule has 1 aromatic rings. The second-order valence-electron chi connectivity index (χ2n) is 5.37. The number of carbonyl (C=O) groups excluding carboxylic acids is 1. The van der Waals surface area contributed by atoms with Crippen molar-refractivity contribution in [1.29, 1.82) is 5.26 Å². The molecule has 2 rings (SSSR count). The van der Waals surface area contributed by atoms with Gasteiger partial charge in [0, 0.05) is 19.6 Å². The van der Waals surface area contributed by atoms with Crippen LogP contribution in [0.3, 0.4) is 0 Å². The molecule has 1 fully saturated rings. The van der Waals surface area contributed by atoms with Gasteiger partial charge < -0.3 is 16.0 Å². The Morgan fingerprint density at radius 1 is 1.52 bits per heavy atom. The topological polar surface area (TPSA) is 82.2 Å². The molecule has 114 valence electrons. The van der Waals surface area contributed by atoms with E-state index in [0.717, 1.165) is 30.4 Å². The molecule has 1 amide bonds. The Labute approximate surface area is 129 Å². The third-order valence-corrected chi connectivity index (χ3v) is 4.89. The summed E-state index contributed by atoms with van der Waals surface area (Å²) in [6.45, 7) is 6.45. The average molecular weight is 306 g/mol. The minimum Gasteiger partial charge on any atom is -0.396 e. The minimum absolute atomic E-state index is 0.176. The van der Waals surface area contributed by atoms with Gasteiger partial charge in [-0.2, -0.15) is 5.26 Å². The molecule has 0 saturated heterocycles. The molecular formula is C15H22N4OS. The molecule has 0 atom stereocenters. The van der Waals surface area contributed by atoms with E-state index in [2.05, 4.69) is 23.2 Å². The van der Waals surface area contributed by atoms with Gasteiger partial charge >= 0.3 is 0 Å². The lowest BCUT2D eigenvalue weighted by molar-refractivity contribution is 0.0958. The van der Waals surface area contributed by atoms with Gasteiger partial charge in [-0.1, -0.05) is 6.92 Å². The van der Waals surface area contributed by atoms with E-state index in [-0.39, 0.29) is 5.91 Å². The number of hydrogen-bond donors (Lipinski definition) is 2. The maximum absolute atomic E-state index is 12.1. The Balaban J connectivity index is 2.28. The van der Waals surface area contributed by atoms with Gasteiger partial charge in [-0.05, 0) is 32.1 Å². The highest BCUT2D eigenvalue weighted by Gasteiger charge is 2.28. The molecular weight excluding hydrogens is 284 g/mol. The van der Waals surface area contributed by atoms with E-state index in [1.165, 1.54) is 24.2 Å². The number of nitriles is 1. The first-order valence-corrected chi connectivity index (χ1v) is 8.29. The molecule has 0 unspecified atom stereocenters. The molecule has 1 saturated carbocycles. The molecule has 5 nitrogen and oxygen atoms in total. The van der Waals surface area contributed by atoms with Gasteiger partial charge in [0.1, 0.15) is 21.5 Å². The van der Waals surface area contributed by atoms with Crippen LogP contribution in [0, 0.1) is 17.2 Å². The first-order chi connectivity index (χ1) is 10.1. The number of rotatable bonds is 7. The van der Waals surface area contributed by atoms with Crippen LogP contribution in [0.1, 0.15) is 48.3 Å². The van der Waals surface area contributed by atoms with E-state index in [4.69, 9.17) is 5.73 Å². The standard InChI is InChI=1S/C15H22N4OS/c1-3-7-18-14(20)13-12(17)11(8-16)15(21-13)19(4-2)9-10-5-6-10/h10H,3-7,9,17H2,1-2H3,(H,18,20). The average Bonchev–Trinajstić information content (AvgIpc) is 3.24. The van der Waals surface area contributed by atoms with Crippen molar-refractivity contribution in [2.45, 2.75) is 33.1 Å². The van der Waals surface area contributed by atoms with Crippen LogP contribution in [0.5, 0.6) is 0 Å². The molecule has 0 aromatic carbocycles. The second-order valence-corrected chi connectivity index (χ2v) is 6.37. The van der Waals surface area contributed by atoms with Crippen molar-refractivity contribution < 1.29 is 4.79 Å². The molecule has 21 heavy (non-hydrogen) atoms. The zero-order valence-electron chi connectivity index (χ0n) is 12.6. The lowest BCUT2D eigenvalue weighted by Gasteiger charge is -2.21. The van der Waals surface area contributed by atoms with Gasteiger partial charge in [0.25, 0.3) is 5.91 Å². The van der Waals surface area contributed by atoms with Crippen LogP contribution in [0.4, 0.5) is 10.7 Å². The maximum atomic E-state index is 12.1. The van der Waals surface area contributed by atoms with Crippen molar-refractivity contribution in [1.82, 2.24) is 5.32 Å². The van der Waals surface area contributed by atoms with E-state index in [0.29, 0.717) is 22.7 Å². The quantitative estimate of drug-likeness (QED) is 0.811. The highest BCUT2D eigenvalue weighted by Crippen LogP contribution is 2.40. The van der Waals surface area contributed by atoms with Crippen LogP contribution in [0.15, 0.2) is 0 Å². The summed E-state index contributed by atoms with van der Waals surface area (Å²) in [5.41, 5.74) is 6.79. The zero-order chi connectivity index (χ0) is 15.4. The Kier molecular flexibility index (Phi) is 5.07. The fourth-order valence-corrected chi connectivity index (χ4v) is 3.38. The zero-order valence-corrected chi connectivity index (χ0v) is 13.4.